The van der Waals surface area contributed by atoms with E-state index >= 15 is 0 Å². The quantitative estimate of drug-likeness (QED) is 0.522. The summed E-state index contributed by atoms with van der Waals surface area (Å²) in [5, 5.41) is 8.05. The number of carbonyl (C=O) groups excluding carboxylic acids is 1. The SMILES string of the molecule is CC(C)C(NC(=O)CSc1ncnc2ccsc12)c1cccs1. The van der Waals surface area contributed by atoms with Crippen molar-refractivity contribution in [2.45, 2.75) is 24.9 Å². The van der Waals surface area contributed by atoms with E-state index in [1.165, 1.54) is 16.6 Å². The Bertz CT molecular complexity index is 783. The molecular weight excluding hydrogens is 346 g/mol. The summed E-state index contributed by atoms with van der Waals surface area (Å²) in [6.07, 6.45) is 1.55. The molecule has 0 aliphatic carbocycles. The number of hydrogen-bond donors (Lipinski definition) is 1. The molecule has 1 N–H and O–H groups in total. The highest BCUT2D eigenvalue weighted by Gasteiger charge is 2.19. The Morgan fingerprint density at radius 1 is 1.26 bits per heavy atom. The van der Waals surface area contributed by atoms with Gasteiger partial charge in [0.05, 0.1) is 22.0 Å². The van der Waals surface area contributed by atoms with Crippen molar-refractivity contribution in [2.24, 2.45) is 5.92 Å². The van der Waals surface area contributed by atoms with Gasteiger partial charge in [-0.05, 0) is 28.8 Å². The van der Waals surface area contributed by atoms with Gasteiger partial charge in [0.15, 0.2) is 0 Å². The maximum atomic E-state index is 12.3. The van der Waals surface area contributed by atoms with Crippen molar-refractivity contribution >= 4 is 50.6 Å². The van der Waals surface area contributed by atoms with Gasteiger partial charge >= 0.3 is 0 Å². The fourth-order valence-electron chi connectivity index (χ4n) is 2.25. The minimum Gasteiger partial charge on any atom is -0.347 e. The predicted molar refractivity (Wildman–Crippen MR) is 98.2 cm³/mol. The molecule has 0 saturated carbocycles. The van der Waals surface area contributed by atoms with E-state index < -0.39 is 0 Å². The summed E-state index contributed by atoms with van der Waals surface area (Å²) in [5.74, 6) is 0.745. The highest BCUT2D eigenvalue weighted by molar-refractivity contribution is 8.00. The Morgan fingerprint density at radius 3 is 2.87 bits per heavy atom. The maximum Gasteiger partial charge on any atom is 0.230 e. The lowest BCUT2D eigenvalue weighted by molar-refractivity contribution is -0.119. The number of hydrogen-bond acceptors (Lipinski definition) is 6. The fourth-order valence-corrected chi connectivity index (χ4v) is 4.96. The zero-order valence-corrected chi connectivity index (χ0v) is 15.3. The molecule has 120 valence electrons. The first kappa shape index (κ1) is 16.4. The van der Waals surface area contributed by atoms with Crippen LogP contribution in [0.25, 0.3) is 10.2 Å². The topological polar surface area (TPSA) is 54.9 Å². The molecule has 0 radical (unpaired) electrons. The lowest BCUT2D eigenvalue weighted by Crippen LogP contribution is -2.32. The van der Waals surface area contributed by atoms with Gasteiger partial charge in [0.25, 0.3) is 0 Å². The second kappa shape index (κ2) is 7.42. The van der Waals surface area contributed by atoms with E-state index in [0.29, 0.717) is 11.7 Å². The second-order valence-electron chi connectivity index (χ2n) is 5.41. The van der Waals surface area contributed by atoms with Crippen LogP contribution in [-0.4, -0.2) is 21.6 Å². The third kappa shape index (κ3) is 3.91. The molecule has 3 aromatic rings. The van der Waals surface area contributed by atoms with Gasteiger partial charge in [-0.1, -0.05) is 31.7 Å². The van der Waals surface area contributed by atoms with Crippen molar-refractivity contribution in [3.05, 3.63) is 40.2 Å². The first-order valence-electron chi connectivity index (χ1n) is 7.29. The Balaban J connectivity index is 1.64. The normalized spacial score (nSPS) is 12.7. The highest BCUT2D eigenvalue weighted by Crippen LogP contribution is 2.29. The molecule has 0 aliphatic heterocycles. The zero-order valence-electron chi connectivity index (χ0n) is 12.9. The van der Waals surface area contributed by atoms with Gasteiger partial charge in [-0.15, -0.1) is 22.7 Å². The number of nitrogens with one attached hydrogen (secondary N) is 1. The number of amides is 1. The van der Waals surface area contributed by atoms with Crippen LogP contribution in [0.4, 0.5) is 0 Å². The Kier molecular flexibility index (Phi) is 5.30. The zero-order chi connectivity index (χ0) is 16.2. The van der Waals surface area contributed by atoms with Crippen LogP contribution in [0.1, 0.15) is 24.8 Å². The minimum atomic E-state index is 0.0328. The molecule has 1 atom stereocenters. The van der Waals surface area contributed by atoms with Crippen molar-refractivity contribution in [1.29, 1.82) is 0 Å². The number of thioether (sulfide) groups is 1. The summed E-state index contributed by atoms with van der Waals surface area (Å²) in [7, 11) is 0. The Hall–Kier alpha value is -1.44. The highest BCUT2D eigenvalue weighted by atomic mass is 32.2. The molecule has 0 spiro atoms. The fraction of sp³-hybridized carbons (Fsp3) is 0.312. The van der Waals surface area contributed by atoms with E-state index in [1.807, 2.05) is 22.9 Å². The molecule has 23 heavy (non-hydrogen) atoms. The first-order chi connectivity index (χ1) is 11.1. The monoisotopic (exact) mass is 363 g/mol. The van der Waals surface area contributed by atoms with Crippen LogP contribution in [0.5, 0.6) is 0 Å². The van der Waals surface area contributed by atoms with Crippen molar-refractivity contribution in [3.8, 4) is 0 Å². The van der Waals surface area contributed by atoms with E-state index in [9.17, 15) is 4.79 Å². The van der Waals surface area contributed by atoms with Crippen LogP contribution < -0.4 is 5.32 Å². The van der Waals surface area contributed by atoms with Crippen molar-refractivity contribution in [1.82, 2.24) is 15.3 Å². The third-order valence-corrected chi connectivity index (χ3v) is 6.37. The largest absolute Gasteiger partial charge is 0.347 e. The summed E-state index contributed by atoms with van der Waals surface area (Å²) in [6.45, 7) is 4.24. The molecule has 0 aliphatic rings. The van der Waals surface area contributed by atoms with E-state index in [2.05, 4.69) is 35.2 Å². The van der Waals surface area contributed by atoms with Crippen molar-refractivity contribution < 1.29 is 4.79 Å². The molecular formula is C16H17N3OS3. The Morgan fingerprint density at radius 2 is 2.13 bits per heavy atom. The number of nitrogens with zero attached hydrogens (tertiary/aromatic N) is 2. The lowest BCUT2D eigenvalue weighted by atomic mass is 10.0. The van der Waals surface area contributed by atoms with Crippen molar-refractivity contribution in [3.63, 3.8) is 0 Å². The molecule has 1 unspecified atom stereocenters. The van der Waals surface area contributed by atoms with Crippen LogP contribution in [0.3, 0.4) is 0 Å². The number of thiophene rings is 2. The number of aromatic nitrogens is 2. The molecule has 0 fully saturated rings. The first-order valence-corrected chi connectivity index (χ1v) is 10.0. The minimum absolute atomic E-state index is 0.0328. The maximum absolute atomic E-state index is 12.3. The van der Waals surface area contributed by atoms with Gasteiger partial charge in [-0.3, -0.25) is 4.79 Å². The second-order valence-corrected chi connectivity index (χ2v) is 8.27. The number of rotatable bonds is 6. The molecule has 3 aromatic heterocycles. The number of fused-ring (bicyclic) bond motifs is 1. The van der Waals surface area contributed by atoms with Gasteiger partial charge in [0.1, 0.15) is 11.4 Å². The molecule has 0 saturated heterocycles. The average Bonchev–Trinajstić information content (AvgIpc) is 3.21. The standard InChI is InChI=1S/C16H17N3OS3/c1-10(2)14(12-4-3-6-21-12)19-13(20)8-23-16-15-11(5-7-22-15)17-9-18-16/h3-7,9-10,14H,8H2,1-2H3,(H,19,20). The van der Waals surface area contributed by atoms with E-state index in [1.54, 1.807) is 29.0 Å². The summed E-state index contributed by atoms with van der Waals surface area (Å²) in [6, 6.07) is 6.13. The van der Waals surface area contributed by atoms with Gasteiger partial charge in [0.2, 0.25) is 5.91 Å². The van der Waals surface area contributed by atoms with Gasteiger partial charge < -0.3 is 5.32 Å². The Labute approximate surface area is 147 Å². The average molecular weight is 364 g/mol. The van der Waals surface area contributed by atoms with Crippen LogP contribution in [0.15, 0.2) is 40.3 Å². The molecule has 3 heterocycles. The molecule has 1 amide bonds. The summed E-state index contributed by atoms with van der Waals surface area (Å²) in [4.78, 5) is 22.0. The van der Waals surface area contributed by atoms with Crippen LogP contribution >= 0.6 is 34.4 Å². The van der Waals surface area contributed by atoms with Gasteiger partial charge in [-0.2, -0.15) is 0 Å². The van der Waals surface area contributed by atoms with Gasteiger partial charge in [-0.25, -0.2) is 9.97 Å². The van der Waals surface area contributed by atoms with Crippen molar-refractivity contribution in [2.75, 3.05) is 5.75 Å². The molecule has 7 heteroatoms. The third-order valence-electron chi connectivity index (χ3n) is 3.38. The van der Waals surface area contributed by atoms with Crippen LogP contribution in [-0.2, 0) is 4.79 Å². The summed E-state index contributed by atoms with van der Waals surface area (Å²) >= 11 is 4.75. The van der Waals surface area contributed by atoms with E-state index in [4.69, 9.17) is 0 Å². The molecule has 4 nitrogen and oxygen atoms in total. The predicted octanol–water partition coefficient (Wildman–Crippen LogP) is 4.36. The van der Waals surface area contributed by atoms with E-state index in [-0.39, 0.29) is 11.9 Å². The van der Waals surface area contributed by atoms with E-state index in [0.717, 1.165) is 15.2 Å². The molecule has 0 bridgehead atoms. The molecule has 3 rings (SSSR count). The van der Waals surface area contributed by atoms with Gasteiger partial charge in [0, 0.05) is 4.88 Å². The van der Waals surface area contributed by atoms with Crippen LogP contribution in [0.2, 0.25) is 0 Å². The summed E-state index contributed by atoms with van der Waals surface area (Å²) < 4.78 is 1.05. The number of carbonyl (C=O) groups is 1. The molecule has 0 aromatic carbocycles. The summed E-state index contributed by atoms with van der Waals surface area (Å²) in [5.41, 5.74) is 0.937. The smallest absolute Gasteiger partial charge is 0.230 e. The lowest BCUT2D eigenvalue weighted by Gasteiger charge is -2.21. The van der Waals surface area contributed by atoms with Crippen LogP contribution in [0, 0.1) is 5.92 Å².